The molecule has 0 saturated heterocycles. The molecule has 0 spiro atoms. The number of amides is 1. The number of ether oxygens (including phenoxy) is 4. The van der Waals surface area contributed by atoms with Crippen molar-refractivity contribution < 1.29 is 28.8 Å². The van der Waals surface area contributed by atoms with Gasteiger partial charge in [-0.3, -0.25) is 4.79 Å². The van der Waals surface area contributed by atoms with Gasteiger partial charge in [-0.05, 0) is 22.3 Å². The Morgan fingerprint density at radius 3 is 1.34 bits per heavy atom. The third kappa shape index (κ3) is 9.93. The number of hydrogen-bond donors (Lipinski definition) is 2. The molecule has 214 valence electrons. The molecule has 3 N–H and O–H groups in total. The van der Waals surface area contributed by atoms with Gasteiger partial charge in [-0.1, -0.05) is 121 Å². The highest BCUT2D eigenvalue weighted by Crippen LogP contribution is 2.21. The molecule has 0 bridgehead atoms. The van der Waals surface area contributed by atoms with Crippen molar-refractivity contribution in [3.8, 4) is 0 Å². The number of rotatable bonds is 17. The topological polar surface area (TPSA) is 100 Å². The summed E-state index contributed by atoms with van der Waals surface area (Å²) in [4.78, 5) is 12.8. The van der Waals surface area contributed by atoms with Gasteiger partial charge in [0, 0.05) is 0 Å². The first-order valence-electron chi connectivity index (χ1n) is 13.7. The van der Waals surface area contributed by atoms with E-state index in [-0.39, 0.29) is 26.4 Å². The summed E-state index contributed by atoms with van der Waals surface area (Å²) >= 11 is 0. The van der Waals surface area contributed by atoms with Crippen LogP contribution in [0.1, 0.15) is 22.3 Å². The van der Waals surface area contributed by atoms with Gasteiger partial charge in [0.15, 0.2) is 6.10 Å². The first-order chi connectivity index (χ1) is 20.1. The number of carbonyl (C=O) groups excluding carboxylic acids is 1. The minimum absolute atomic E-state index is 0.0519. The van der Waals surface area contributed by atoms with Crippen molar-refractivity contribution in [2.24, 2.45) is 5.73 Å². The Labute approximate surface area is 241 Å². The van der Waals surface area contributed by atoms with E-state index in [1.165, 1.54) is 0 Å². The van der Waals surface area contributed by atoms with Crippen LogP contribution in [0.25, 0.3) is 0 Å². The summed E-state index contributed by atoms with van der Waals surface area (Å²) in [5.74, 6) is -0.718. The molecule has 0 fully saturated rings. The fourth-order valence-corrected chi connectivity index (χ4v) is 4.38. The quantitative estimate of drug-likeness (QED) is 0.194. The third-order valence-corrected chi connectivity index (χ3v) is 6.52. The lowest BCUT2D eigenvalue weighted by Gasteiger charge is -2.34. The Kier molecular flexibility index (Phi) is 12.1. The summed E-state index contributed by atoms with van der Waals surface area (Å²) in [6, 6.07) is 38.3. The Bertz CT molecular complexity index is 1270. The molecule has 4 atom stereocenters. The van der Waals surface area contributed by atoms with E-state index in [0.717, 1.165) is 22.3 Å². The monoisotopic (exact) mass is 555 g/mol. The summed E-state index contributed by atoms with van der Waals surface area (Å²) < 4.78 is 24.5. The van der Waals surface area contributed by atoms with Gasteiger partial charge in [0.25, 0.3) is 0 Å². The number of primary amides is 1. The summed E-state index contributed by atoms with van der Waals surface area (Å²) in [6.07, 6.45) is -4.38. The van der Waals surface area contributed by atoms with Gasteiger partial charge in [-0.25, -0.2) is 0 Å². The molecule has 0 heterocycles. The molecule has 0 aliphatic heterocycles. The van der Waals surface area contributed by atoms with Crippen LogP contribution in [0.2, 0.25) is 0 Å². The Morgan fingerprint density at radius 1 is 0.561 bits per heavy atom. The molecule has 0 aromatic heterocycles. The first-order valence-corrected chi connectivity index (χ1v) is 13.7. The average molecular weight is 556 g/mol. The van der Waals surface area contributed by atoms with Crippen LogP contribution >= 0.6 is 0 Å². The molecule has 4 aromatic rings. The average Bonchev–Trinajstić information content (AvgIpc) is 3.01. The summed E-state index contributed by atoms with van der Waals surface area (Å²) in [7, 11) is 0. The molecule has 0 aliphatic rings. The Hall–Kier alpha value is -3.85. The normalized spacial score (nSPS) is 14.2. The van der Waals surface area contributed by atoms with E-state index in [4.69, 9.17) is 24.7 Å². The number of nitrogens with two attached hydrogens (primary N) is 1. The van der Waals surface area contributed by atoms with Crippen molar-refractivity contribution in [2.75, 3.05) is 6.61 Å². The van der Waals surface area contributed by atoms with Crippen LogP contribution in [0.15, 0.2) is 121 Å². The number of aliphatic hydroxyl groups excluding tert-OH is 1. The van der Waals surface area contributed by atoms with Gasteiger partial charge in [-0.15, -0.1) is 0 Å². The Morgan fingerprint density at radius 2 is 0.927 bits per heavy atom. The molecule has 0 radical (unpaired) electrons. The lowest BCUT2D eigenvalue weighted by molar-refractivity contribution is -0.190. The minimum Gasteiger partial charge on any atom is -0.388 e. The van der Waals surface area contributed by atoms with E-state index < -0.39 is 30.3 Å². The maximum Gasteiger partial charge on any atom is 0.249 e. The molecule has 4 rings (SSSR count). The maximum absolute atomic E-state index is 12.8. The third-order valence-electron chi connectivity index (χ3n) is 6.52. The van der Waals surface area contributed by atoms with E-state index >= 15 is 0 Å². The zero-order chi connectivity index (χ0) is 28.7. The van der Waals surface area contributed by atoms with Gasteiger partial charge in [0.05, 0.1) is 33.0 Å². The molecule has 7 heteroatoms. The van der Waals surface area contributed by atoms with Gasteiger partial charge in [0.1, 0.15) is 18.3 Å². The first kappa shape index (κ1) is 30.1. The fourth-order valence-electron chi connectivity index (χ4n) is 4.38. The van der Waals surface area contributed by atoms with E-state index in [0.29, 0.717) is 6.61 Å². The molecule has 7 nitrogen and oxygen atoms in total. The van der Waals surface area contributed by atoms with Gasteiger partial charge in [0.2, 0.25) is 5.91 Å². The van der Waals surface area contributed by atoms with Crippen LogP contribution in [-0.4, -0.2) is 42.0 Å². The molecule has 4 aromatic carbocycles. The standard InChI is InChI=1S/C34H37NO6/c35-34(37)33(41-24-29-19-11-4-12-20-29)32(40-23-28-17-9-3-10-18-28)31(39-22-27-15-7-2-8-16-27)30(36)25-38-21-26-13-5-1-6-14-26/h1-20,30-33,36H,21-25H2,(H2,35,37)/t30-,31+,32+,33-/m1/s1. The van der Waals surface area contributed by atoms with Crippen molar-refractivity contribution in [1.29, 1.82) is 0 Å². The smallest absolute Gasteiger partial charge is 0.249 e. The van der Waals surface area contributed by atoms with Crippen molar-refractivity contribution in [2.45, 2.75) is 50.8 Å². The van der Waals surface area contributed by atoms with E-state index in [1.807, 2.05) is 121 Å². The van der Waals surface area contributed by atoms with E-state index in [9.17, 15) is 9.90 Å². The molecule has 0 unspecified atom stereocenters. The fraction of sp³-hybridized carbons (Fsp3) is 0.265. The second kappa shape index (κ2) is 16.4. The van der Waals surface area contributed by atoms with E-state index in [1.54, 1.807) is 0 Å². The molecule has 41 heavy (non-hydrogen) atoms. The Balaban J connectivity index is 1.57. The lowest BCUT2D eigenvalue weighted by Crippen LogP contribution is -2.54. The van der Waals surface area contributed by atoms with Crippen LogP contribution in [0, 0.1) is 0 Å². The summed E-state index contributed by atoms with van der Waals surface area (Å²) in [6.45, 7) is 0.724. The van der Waals surface area contributed by atoms with Crippen molar-refractivity contribution in [1.82, 2.24) is 0 Å². The predicted octanol–water partition coefficient (Wildman–Crippen LogP) is 4.81. The predicted molar refractivity (Wildman–Crippen MR) is 156 cm³/mol. The SMILES string of the molecule is NC(=O)[C@H](OCc1ccccc1)[C@@H](OCc1ccccc1)[C@@H](OCc1ccccc1)[C@H](O)COCc1ccccc1. The van der Waals surface area contributed by atoms with Crippen LogP contribution in [0.5, 0.6) is 0 Å². The molecule has 0 saturated carbocycles. The largest absolute Gasteiger partial charge is 0.388 e. The number of hydrogen-bond acceptors (Lipinski definition) is 6. The summed E-state index contributed by atoms with van der Waals surface area (Å²) in [5.41, 5.74) is 9.51. The lowest BCUT2D eigenvalue weighted by atomic mass is 10.0. The molecule has 1 amide bonds. The summed E-state index contributed by atoms with van der Waals surface area (Å²) in [5, 5.41) is 11.4. The zero-order valence-electron chi connectivity index (χ0n) is 23.0. The van der Waals surface area contributed by atoms with Crippen LogP contribution < -0.4 is 5.73 Å². The van der Waals surface area contributed by atoms with Crippen LogP contribution in [-0.2, 0) is 50.2 Å². The second-order valence-corrected chi connectivity index (χ2v) is 9.71. The van der Waals surface area contributed by atoms with Crippen molar-refractivity contribution >= 4 is 5.91 Å². The van der Waals surface area contributed by atoms with Gasteiger partial charge < -0.3 is 29.8 Å². The zero-order valence-corrected chi connectivity index (χ0v) is 23.0. The number of aliphatic hydroxyl groups is 1. The maximum atomic E-state index is 12.8. The highest BCUT2D eigenvalue weighted by atomic mass is 16.6. The van der Waals surface area contributed by atoms with Crippen LogP contribution in [0.3, 0.4) is 0 Å². The number of benzene rings is 4. The van der Waals surface area contributed by atoms with Gasteiger partial charge >= 0.3 is 0 Å². The molecule has 0 aliphatic carbocycles. The van der Waals surface area contributed by atoms with Crippen molar-refractivity contribution in [3.63, 3.8) is 0 Å². The second-order valence-electron chi connectivity index (χ2n) is 9.71. The van der Waals surface area contributed by atoms with Crippen molar-refractivity contribution in [3.05, 3.63) is 144 Å². The van der Waals surface area contributed by atoms with Crippen LogP contribution in [0.4, 0.5) is 0 Å². The van der Waals surface area contributed by atoms with Gasteiger partial charge in [-0.2, -0.15) is 0 Å². The molecular formula is C34H37NO6. The molecular weight excluding hydrogens is 518 g/mol. The highest BCUT2D eigenvalue weighted by molar-refractivity contribution is 5.79. The van der Waals surface area contributed by atoms with E-state index in [2.05, 4.69) is 0 Å². The number of carbonyl (C=O) groups is 1. The highest BCUT2D eigenvalue weighted by Gasteiger charge is 2.40. The minimum atomic E-state index is -1.21.